The summed E-state index contributed by atoms with van der Waals surface area (Å²) in [4.78, 5) is 37.0. The molecule has 0 radical (unpaired) electrons. The Morgan fingerprint density at radius 1 is 0.743 bits per heavy atom. The molecule has 0 saturated carbocycles. The summed E-state index contributed by atoms with van der Waals surface area (Å²) >= 11 is 0. The van der Waals surface area contributed by atoms with Crippen LogP contribution < -0.4 is 16.1 Å². The number of nitrogens with one attached hydrogen (secondary N) is 3. The van der Waals surface area contributed by atoms with E-state index >= 15 is 0 Å². The molecule has 0 saturated heterocycles. The van der Waals surface area contributed by atoms with Crippen LogP contribution >= 0.6 is 0 Å². The quantitative estimate of drug-likeness (QED) is 0.179. The Labute approximate surface area is 205 Å². The van der Waals surface area contributed by atoms with E-state index in [2.05, 4.69) is 10.6 Å². The normalized spacial score (nSPS) is 11.3. The number of rotatable bonds is 12. The van der Waals surface area contributed by atoms with Gasteiger partial charge in [0.15, 0.2) is 0 Å². The monoisotopic (exact) mass is 473 g/mol. The summed E-state index contributed by atoms with van der Waals surface area (Å²) in [5.41, 5.74) is 5.13. The molecule has 0 fully saturated rings. The van der Waals surface area contributed by atoms with Crippen LogP contribution in [-0.4, -0.2) is 29.0 Å². The van der Waals surface area contributed by atoms with Crippen LogP contribution in [0.1, 0.15) is 48.0 Å². The van der Waals surface area contributed by atoms with Crippen molar-refractivity contribution in [1.29, 1.82) is 0 Å². The highest BCUT2D eigenvalue weighted by molar-refractivity contribution is 5.97. The maximum atomic E-state index is 12.9. The fraction of sp³-hybridized carbons (Fsp3) is 0.250. The molecule has 3 amide bonds. The number of hydroxylamine groups is 1. The summed E-state index contributed by atoms with van der Waals surface area (Å²) in [6.45, 7) is 0.370. The number of benzene rings is 3. The van der Waals surface area contributed by atoms with E-state index in [1.165, 1.54) is 0 Å². The van der Waals surface area contributed by atoms with Crippen LogP contribution in [0, 0.1) is 0 Å². The number of hydrogen-bond acceptors (Lipinski definition) is 4. The number of carbonyl (C=O) groups is 3. The van der Waals surface area contributed by atoms with Gasteiger partial charge in [0.1, 0.15) is 6.04 Å². The molecule has 0 aliphatic heterocycles. The van der Waals surface area contributed by atoms with Gasteiger partial charge in [-0.05, 0) is 41.7 Å². The Morgan fingerprint density at radius 2 is 1.37 bits per heavy atom. The van der Waals surface area contributed by atoms with Gasteiger partial charge >= 0.3 is 0 Å². The highest BCUT2D eigenvalue weighted by atomic mass is 16.5. The molecule has 7 heteroatoms. The molecule has 0 bridgehead atoms. The molecule has 7 nitrogen and oxygen atoms in total. The first kappa shape index (κ1) is 25.6. The Bertz CT molecular complexity index is 1090. The molecule has 3 aromatic carbocycles. The lowest BCUT2D eigenvalue weighted by atomic mass is 10.0. The minimum absolute atomic E-state index is 0.210. The fourth-order valence-corrected chi connectivity index (χ4v) is 3.73. The Kier molecular flexibility index (Phi) is 10.0. The average molecular weight is 474 g/mol. The van der Waals surface area contributed by atoms with E-state index in [0.717, 1.165) is 16.7 Å². The van der Waals surface area contributed by atoms with Crippen molar-refractivity contribution in [3.8, 4) is 11.1 Å². The second kappa shape index (κ2) is 13.7. The second-order valence-corrected chi connectivity index (χ2v) is 8.31. The molecule has 35 heavy (non-hydrogen) atoms. The highest BCUT2D eigenvalue weighted by Gasteiger charge is 2.21. The molecule has 0 spiro atoms. The molecular formula is C28H31N3O4. The summed E-state index contributed by atoms with van der Waals surface area (Å²) in [5.74, 6) is -1.00. The molecule has 182 valence electrons. The van der Waals surface area contributed by atoms with Crippen molar-refractivity contribution >= 4 is 17.7 Å². The molecule has 0 aliphatic rings. The lowest BCUT2D eigenvalue weighted by Gasteiger charge is -2.19. The lowest BCUT2D eigenvalue weighted by molar-refractivity contribution is -0.129. The third-order valence-electron chi connectivity index (χ3n) is 5.71. The van der Waals surface area contributed by atoms with Crippen molar-refractivity contribution in [2.75, 3.05) is 0 Å². The molecule has 4 N–H and O–H groups in total. The standard InChI is InChI=1S/C28H31N3O4/c32-26(31-35)15-9-3-8-14-25(28(34)29-20-21-10-4-1-5-11-21)30-27(33)24-18-16-23(17-19-24)22-12-6-2-7-13-22/h1-2,4-7,10-13,16-19,25,35H,3,8-9,14-15,20H2,(H,29,34)(H,30,33)(H,31,32)/t25-/m0/s1. The average Bonchev–Trinajstić information content (AvgIpc) is 2.91. The third kappa shape index (κ3) is 8.39. The minimum atomic E-state index is -0.702. The maximum absolute atomic E-state index is 12.9. The van der Waals surface area contributed by atoms with Crippen molar-refractivity contribution in [2.24, 2.45) is 0 Å². The van der Waals surface area contributed by atoms with E-state index in [0.29, 0.717) is 37.8 Å². The van der Waals surface area contributed by atoms with Crippen LogP contribution in [0.5, 0.6) is 0 Å². The molecule has 0 unspecified atom stereocenters. The first-order chi connectivity index (χ1) is 17.1. The van der Waals surface area contributed by atoms with Crippen LogP contribution in [0.2, 0.25) is 0 Å². The van der Waals surface area contributed by atoms with Crippen molar-refractivity contribution in [1.82, 2.24) is 16.1 Å². The van der Waals surface area contributed by atoms with Gasteiger partial charge in [0.05, 0.1) is 0 Å². The molecule has 0 aliphatic carbocycles. The largest absolute Gasteiger partial charge is 0.350 e. The van der Waals surface area contributed by atoms with Gasteiger partial charge in [-0.15, -0.1) is 0 Å². The predicted octanol–water partition coefficient (Wildman–Crippen LogP) is 4.22. The maximum Gasteiger partial charge on any atom is 0.251 e. The molecule has 3 aromatic rings. The van der Waals surface area contributed by atoms with Crippen molar-refractivity contribution in [2.45, 2.75) is 44.7 Å². The smallest absolute Gasteiger partial charge is 0.251 e. The van der Waals surface area contributed by atoms with Crippen LogP contribution in [-0.2, 0) is 16.1 Å². The van der Waals surface area contributed by atoms with Crippen molar-refractivity contribution < 1.29 is 19.6 Å². The van der Waals surface area contributed by atoms with E-state index in [1.54, 1.807) is 17.6 Å². The van der Waals surface area contributed by atoms with Gasteiger partial charge in [-0.3, -0.25) is 19.6 Å². The van der Waals surface area contributed by atoms with Gasteiger partial charge in [-0.1, -0.05) is 85.6 Å². The zero-order chi connectivity index (χ0) is 24.9. The third-order valence-corrected chi connectivity index (χ3v) is 5.71. The number of amides is 3. The predicted molar refractivity (Wildman–Crippen MR) is 134 cm³/mol. The summed E-state index contributed by atoms with van der Waals surface area (Å²) in [6, 6.07) is 26.0. The Morgan fingerprint density at radius 3 is 2.03 bits per heavy atom. The minimum Gasteiger partial charge on any atom is -0.350 e. The second-order valence-electron chi connectivity index (χ2n) is 8.31. The van der Waals surface area contributed by atoms with Gasteiger partial charge in [-0.2, -0.15) is 0 Å². The van der Waals surface area contributed by atoms with E-state index < -0.39 is 11.9 Å². The number of unbranched alkanes of at least 4 members (excludes halogenated alkanes) is 2. The van der Waals surface area contributed by atoms with Crippen LogP contribution in [0.3, 0.4) is 0 Å². The summed E-state index contributed by atoms with van der Waals surface area (Å²) < 4.78 is 0. The molecule has 1 atom stereocenters. The topological polar surface area (TPSA) is 108 Å². The van der Waals surface area contributed by atoms with Gasteiger partial charge in [0, 0.05) is 18.5 Å². The SMILES string of the molecule is O=C(CCCCC[C@H](NC(=O)c1ccc(-c2ccccc2)cc1)C(=O)NCc1ccccc1)NO. The summed E-state index contributed by atoms with van der Waals surface area (Å²) in [6.07, 6.45) is 2.57. The van der Waals surface area contributed by atoms with Crippen LogP contribution in [0.15, 0.2) is 84.9 Å². The number of hydrogen-bond donors (Lipinski definition) is 4. The highest BCUT2D eigenvalue weighted by Crippen LogP contribution is 2.19. The van der Waals surface area contributed by atoms with Gasteiger partial charge < -0.3 is 10.6 Å². The van der Waals surface area contributed by atoms with Gasteiger partial charge in [0.2, 0.25) is 11.8 Å². The van der Waals surface area contributed by atoms with E-state index in [-0.39, 0.29) is 18.2 Å². The lowest BCUT2D eigenvalue weighted by Crippen LogP contribution is -2.46. The van der Waals surface area contributed by atoms with E-state index in [9.17, 15) is 14.4 Å². The van der Waals surface area contributed by atoms with Crippen molar-refractivity contribution in [3.05, 3.63) is 96.1 Å². The zero-order valence-corrected chi connectivity index (χ0v) is 19.6. The van der Waals surface area contributed by atoms with Crippen molar-refractivity contribution in [3.63, 3.8) is 0 Å². The molecule has 0 aromatic heterocycles. The van der Waals surface area contributed by atoms with E-state index in [4.69, 9.17) is 5.21 Å². The Balaban J connectivity index is 1.60. The summed E-state index contributed by atoms with van der Waals surface area (Å²) in [5, 5.41) is 14.4. The zero-order valence-electron chi connectivity index (χ0n) is 19.6. The number of carbonyl (C=O) groups excluding carboxylic acids is 3. The molecular weight excluding hydrogens is 442 g/mol. The molecule has 0 heterocycles. The fourth-order valence-electron chi connectivity index (χ4n) is 3.73. The van der Waals surface area contributed by atoms with E-state index in [1.807, 2.05) is 72.8 Å². The van der Waals surface area contributed by atoms with Crippen LogP contribution in [0.4, 0.5) is 0 Å². The van der Waals surface area contributed by atoms with Gasteiger partial charge in [0.25, 0.3) is 5.91 Å². The van der Waals surface area contributed by atoms with Gasteiger partial charge in [-0.25, -0.2) is 5.48 Å². The first-order valence-corrected chi connectivity index (χ1v) is 11.8. The summed E-state index contributed by atoms with van der Waals surface area (Å²) in [7, 11) is 0. The van der Waals surface area contributed by atoms with Crippen LogP contribution in [0.25, 0.3) is 11.1 Å². The molecule has 3 rings (SSSR count). The Hall–Kier alpha value is -3.97. The first-order valence-electron chi connectivity index (χ1n) is 11.8.